The van der Waals surface area contributed by atoms with Crippen LogP contribution in [0.15, 0.2) is 17.0 Å². The van der Waals surface area contributed by atoms with Crippen LogP contribution in [0.1, 0.15) is 23.7 Å². The summed E-state index contributed by atoms with van der Waals surface area (Å²) in [5.41, 5.74) is -0.124. The highest BCUT2D eigenvalue weighted by molar-refractivity contribution is 7.89. The Kier molecular flexibility index (Phi) is 6.89. The number of rotatable bonds is 7. The zero-order valence-corrected chi connectivity index (χ0v) is 13.6. The van der Waals surface area contributed by atoms with Crippen molar-refractivity contribution < 1.29 is 22.7 Å². The average Bonchev–Trinajstić information content (AvgIpc) is 2.36. The summed E-state index contributed by atoms with van der Waals surface area (Å²) in [5.74, 6) is -0.776. The molecule has 1 rings (SSSR count). The number of esters is 1. The lowest BCUT2D eigenvalue weighted by molar-refractivity contribution is 0.0318. The number of sulfonamides is 1. The fourth-order valence-electron chi connectivity index (χ4n) is 1.42. The molecule has 0 bridgehead atoms. The van der Waals surface area contributed by atoms with Crippen molar-refractivity contribution in [2.45, 2.75) is 18.2 Å². The minimum atomic E-state index is -4.06. The third-order valence-electron chi connectivity index (χ3n) is 2.36. The van der Waals surface area contributed by atoms with Crippen LogP contribution in [0.25, 0.3) is 0 Å². The van der Waals surface area contributed by atoms with E-state index in [4.69, 9.17) is 37.8 Å². The first-order valence-electron chi connectivity index (χ1n) is 6.04. The van der Waals surface area contributed by atoms with Crippen LogP contribution >= 0.6 is 23.2 Å². The molecule has 0 aromatic heterocycles. The van der Waals surface area contributed by atoms with Gasteiger partial charge in [-0.25, -0.2) is 18.4 Å². The van der Waals surface area contributed by atoms with Gasteiger partial charge >= 0.3 is 5.97 Å². The van der Waals surface area contributed by atoms with Crippen LogP contribution in [-0.4, -0.2) is 34.2 Å². The van der Waals surface area contributed by atoms with Crippen LogP contribution in [0, 0.1) is 0 Å². The number of hydrogen-bond acceptors (Lipinski definition) is 5. The summed E-state index contributed by atoms with van der Waals surface area (Å²) >= 11 is 11.6. The zero-order valence-electron chi connectivity index (χ0n) is 11.3. The van der Waals surface area contributed by atoms with E-state index in [-0.39, 0.29) is 33.7 Å². The second-order valence-electron chi connectivity index (χ2n) is 4.06. The second-order valence-corrected chi connectivity index (χ2v) is 6.40. The van der Waals surface area contributed by atoms with E-state index in [9.17, 15) is 13.2 Å². The van der Waals surface area contributed by atoms with Gasteiger partial charge in [0.25, 0.3) is 0 Å². The molecule has 0 unspecified atom stereocenters. The molecule has 0 heterocycles. The van der Waals surface area contributed by atoms with Crippen molar-refractivity contribution >= 4 is 39.2 Å². The Labute approximate surface area is 133 Å². The van der Waals surface area contributed by atoms with E-state index in [0.29, 0.717) is 6.61 Å². The first-order valence-corrected chi connectivity index (χ1v) is 8.34. The molecule has 0 aliphatic rings. The molecule has 21 heavy (non-hydrogen) atoms. The molecule has 2 N–H and O–H groups in total. The van der Waals surface area contributed by atoms with E-state index in [0.717, 1.165) is 18.6 Å². The van der Waals surface area contributed by atoms with E-state index < -0.39 is 16.0 Å². The number of halogens is 2. The molecule has 1 aromatic rings. The van der Waals surface area contributed by atoms with Crippen molar-refractivity contribution in [3.63, 3.8) is 0 Å². The van der Waals surface area contributed by atoms with E-state index in [1.165, 1.54) is 0 Å². The molecule has 0 aliphatic heterocycles. The Morgan fingerprint density at radius 2 is 1.86 bits per heavy atom. The van der Waals surface area contributed by atoms with Crippen molar-refractivity contribution in [3.05, 3.63) is 27.7 Å². The first-order chi connectivity index (χ1) is 9.77. The predicted molar refractivity (Wildman–Crippen MR) is 79.2 cm³/mol. The summed E-state index contributed by atoms with van der Waals surface area (Å²) < 4.78 is 32.8. The highest BCUT2D eigenvalue weighted by Crippen LogP contribution is 2.28. The minimum absolute atomic E-state index is 0.0214. The van der Waals surface area contributed by atoms with Crippen LogP contribution in [0.5, 0.6) is 0 Å². The Bertz CT molecular complexity index is 618. The van der Waals surface area contributed by atoms with Crippen LogP contribution in [0.4, 0.5) is 0 Å². The Balaban J connectivity index is 2.85. The van der Waals surface area contributed by atoms with Gasteiger partial charge in [0.1, 0.15) is 11.5 Å². The lowest BCUT2D eigenvalue weighted by atomic mass is 10.2. The molecule has 0 spiro atoms. The first kappa shape index (κ1) is 18.2. The molecule has 0 amide bonds. The SMILES string of the molecule is CCCOCCOC(=O)c1cc(S(N)(=O)=O)c(Cl)cc1Cl. The molecule has 0 radical (unpaired) electrons. The summed E-state index contributed by atoms with van der Waals surface area (Å²) in [7, 11) is -4.06. The highest BCUT2D eigenvalue weighted by atomic mass is 35.5. The monoisotopic (exact) mass is 355 g/mol. The minimum Gasteiger partial charge on any atom is -0.460 e. The van der Waals surface area contributed by atoms with Gasteiger partial charge in [0.2, 0.25) is 10.0 Å². The summed E-state index contributed by atoms with van der Waals surface area (Å²) in [6.07, 6.45) is 0.856. The Hall–Kier alpha value is -0.860. The highest BCUT2D eigenvalue weighted by Gasteiger charge is 2.20. The summed E-state index contributed by atoms with van der Waals surface area (Å²) in [6.45, 7) is 2.79. The van der Waals surface area contributed by atoms with Gasteiger partial charge < -0.3 is 9.47 Å². The fraction of sp³-hybridized carbons (Fsp3) is 0.417. The molecule has 118 valence electrons. The normalized spacial score (nSPS) is 11.4. The molecule has 0 fully saturated rings. The van der Waals surface area contributed by atoms with Crippen LogP contribution < -0.4 is 5.14 Å². The van der Waals surface area contributed by atoms with Gasteiger partial charge in [0, 0.05) is 6.61 Å². The van der Waals surface area contributed by atoms with Crippen molar-refractivity contribution in [2.24, 2.45) is 5.14 Å². The second kappa shape index (κ2) is 7.95. The van der Waals surface area contributed by atoms with Gasteiger partial charge in [0.15, 0.2) is 0 Å². The maximum absolute atomic E-state index is 11.8. The number of carbonyl (C=O) groups excluding carboxylic acids is 1. The smallest absolute Gasteiger partial charge is 0.339 e. The molecule has 6 nitrogen and oxygen atoms in total. The summed E-state index contributed by atoms with van der Waals surface area (Å²) in [6, 6.07) is 2.13. The van der Waals surface area contributed by atoms with Gasteiger partial charge in [-0.1, -0.05) is 30.1 Å². The fourth-order valence-corrected chi connectivity index (χ4v) is 2.82. The standard InChI is InChI=1S/C12H15Cl2NO5S/c1-2-3-19-4-5-20-12(16)8-6-11(21(15,17)18)10(14)7-9(8)13/h6-7H,2-5H2,1H3,(H2,15,17,18). The average molecular weight is 356 g/mol. The third-order valence-corrected chi connectivity index (χ3v) is 4.05. The van der Waals surface area contributed by atoms with E-state index in [1.807, 2.05) is 6.92 Å². The topological polar surface area (TPSA) is 95.7 Å². The van der Waals surface area contributed by atoms with Crippen LogP contribution in [-0.2, 0) is 19.5 Å². The molecule has 9 heteroatoms. The number of hydrogen-bond donors (Lipinski definition) is 1. The Morgan fingerprint density at radius 1 is 1.19 bits per heavy atom. The Morgan fingerprint density at radius 3 is 2.43 bits per heavy atom. The maximum Gasteiger partial charge on any atom is 0.339 e. The number of ether oxygens (including phenoxy) is 2. The van der Waals surface area contributed by atoms with Gasteiger partial charge in [0.05, 0.1) is 22.2 Å². The van der Waals surface area contributed by atoms with Crippen molar-refractivity contribution in [2.75, 3.05) is 19.8 Å². The number of nitrogens with two attached hydrogens (primary N) is 1. The molecule has 0 atom stereocenters. The summed E-state index contributed by atoms with van der Waals surface area (Å²) in [4.78, 5) is 11.5. The van der Waals surface area contributed by atoms with Gasteiger partial charge in [-0.05, 0) is 18.6 Å². The van der Waals surface area contributed by atoms with E-state index in [2.05, 4.69) is 0 Å². The largest absolute Gasteiger partial charge is 0.460 e. The quantitative estimate of drug-likeness (QED) is 0.597. The van der Waals surface area contributed by atoms with E-state index >= 15 is 0 Å². The van der Waals surface area contributed by atoms with Crippen LogP contribution in [0.2, 0.25) is 10.0 Å². The third kappa shape index (κ3) is 5.44. The predicted octanol–water partition coefficient (Wildman–Crippen LogP) is 2.22. The lowest BCUT2D eigenvalue weighted by Crippen LogP contribution is -2.16. The van der Waals surface area contributed by atoms with Crippen molar-refractivity contribution in [1.82, 2.24) is 0 Å². The number of primary sulfonamides is 1. The summed E-state index contributed by atoms with van der Waals surface area (Å²) in [5, 5.41) is 4.82. The van der Waals surface area contributed by atoms with Gasteiger partial charge in [-0.15, -0.1) is 0 Å². The molecule has 0 saturated carbocycles. The molecule has 0 saturated heterocycles. The van der Waals surface area contributed by atoms with Gasteiger partial charge in [-0.2, -0.15) is 0 Å². The number of carbonyl (C=O) groups is 1. The zero-order chi connectivity index (χ0) is 16.0. The lowest BCUT2D eigenvalue weighted by Gasteiger charge is -2.09. The van der Waals surface area contributed by atoms with Gasteiger partial charge in [-0.3, -0.25) is 0 Å². The van der Waals surface area contributed by atoms with Crippen LogP contribution in [0.3, 0.4) is 0 Å². The maximum atomic E-state index is 11.8. The number of benzene rings is 1. The molecular weight excluding hydrogens is 341 g/mol. The van der Waals surface area contributed by atoms with Crippen molar-refractivity contribution in [3.8, 4) is 0 Å². The molecular formula is C12H15Cl2NO5S. The van der Waals surface area contributed by atoms with E-state index in [1.54, 1.807) is 0 Å². The molecule has 1 aromatic carbocycles. The molecule has 0 aliphatic carbocycles. The van der Waals surface area contributed by atoms with Crippen molar-refractivity contribution in [1.29, 1.82) is 0 Å².